The molecule has 0 aliphatic rings. The third-order valence-electron chi connectivity index (χ3n) is 1.28. The van der Waals surface area contributed by atoms with E-state index in [1.165, 1.54) is 0 Å². The van der Waals surface area contributed by atoms with Gasteiger partial charge in [-0.15, -0.1) is 0 Å². The van der Waals surface area contributed by atoms with Gasteiger partial charge in [0.1, 0.15) is 4.60 Å². The summed E-state index contributed by atoms with van der Waals surface area (Å²) < 4.78 is 69.6. The Morgan fingerprint density at radius 1 is 1.54 bits per heavy atom. The van der Waals surface area contributed by atoms with Crippen LogP contribution in [0.2, 0.25) is 0 Å². The molecule has 13 heavy (non-hydrogen) atoms. The molecule has 0 aliphatic heterocycles. The van der Waals surface area contributed by atoms with E-state index in [1.807, 2.05) is 0 Å². The van der Waals surface area contributed by atoms with Crippen LogP contribution in [0.1, 0.15) is 17.9 Å². The fourth-order valence-corrected chi connectivity index (χ4v) is 1.03. The van der Waals surface area contributed by atoms with Gasteiger partial charge in [-0.2, -0.15) is 5.10 Å². The summed E-state index contributed by atoms with van der Waals surface area (Å²) in [6.45, 7) is -2.82. The fourth-order valence-electron chi connectivity index (χ4n) is 0.783. The van der Waals surface area contributed by atoms with Crippen LogP contribution in [0.5, 0.6) is 0 Å². The zero-order valence-electron chi connectivity index (χ0n) is 15.3. The van der Waals surface area contributed by atoms with Gasteiger partial charge in [0.2, 0.25) is 0 Å². The Bertz CT molecular complexity index is 765. The summed E-state index contributed by atoms with van der Waals surface area (Å²) in [7, 11) is 0. The van der Waals surface area contributed by atoms with E-state index in [1.54, 1.807) is 0 Å². The molecule has 0 saturated carbocycles. The molecular formula is C10H9BrN2. The molecule has 0 fully saturated rings. The molecule has 0 atom stereocenters. The zero-order chi connectivity index (χ0) is 17.0. The highest BCUT2D eigenvalue weighted by atomic mass is 79.9. The first-order valence-electron chi connectivity index (χ1n) is 7.81. The molecule has 1 heterocycles. The molecule has 0 aliphatic carbocycles. The van der Waals surface area contributed by atoms with Crippen molar-refractivity contribution in [2.75, 3.05) is 0 Å². The molecule has 66 valence electrons. The Morgan fingerprint density at radius 3 is 3.15 bits per heavy atom. The molecule has 3 heteroatoms. The topological polar surface area (TPSA) is 17.8 Å². The van der Waals surface area contributed by atoms with Crippen LogP contribution in [-0.4, -0.2) is 9.78 Å². The summed E-state index contributed by atoms with van der Waals surface area (Å²) in [5, 5.41) is 3.79. The Labute approximate surface area is 98.0 Å². The second kappa shape index (κ2) is 3.34. The maximum atomic E-state index is 7.99. The highest BCUT2D eigenvalue weighted by Crippen LogP contribution is 2.12. The van der Waals surface area contributed by atoms with Crippen molar-refractivity contribution in [1.29, 1.82) is 0 Å². The van der Waals surface area contributed by atoms with Gasteiger partial charge in [-0.05, 0) is 46.5 Å². The van der Waals surface area contributed by atoms with E-state index < -0.39 is 48.4 Å². The van der Waals surface area contributed by atoms with Gasteiger partial charge in [0, 0.05) is 10.3 Å². The highest BCUT2D eigenvalue weighted by molar-refractivity contribution is 9.10. The smallest absolute Gasteiger partial charge is 0.128 e. The second-order valence-electron chi connectivity index (χ2n) is 2.16. The second-order valence-corrected chi connectivity index (χ2v) is 2.91. The number of halogens is 1. The maximum absolute atomic E-state index is 7.99. The number of hydrogen-bond donors (Lipinski definition) is 0. The molecule has 0 bridgehead atoms. The summed E-state index contributed by atoms with van der Waals surface area (Å²) in [5.74, 6) is 0. The first-order valence-corrected chi connectivity index (χ1v) is 4.10. The molecule has 1 aromatic carbocycles. The zero-order valence-corrected chi connectivity index (χ0v) is 7.86. The lowest BCUT2D eigenvalue weighted by atomic mass is 10.2. The van der Waals surface area contributed by atoms with E-state index in [2.05, 4.69) is 21.0 Å². The number of nitrogens with zero attached hydrogens (tertiary/aromatic N) is 2. The van der Waals surface area contributed by atoms with Gasteiger partial charge in [0.05, 0.1) is 13.9 Å². The van der Waals surface area contributed by atoms with E-state index in [4.69, 9.17) is 12.3 Å². The molecule has 2 rings (SSSR count). The van der Waals surface area contributed by atoms with Crippen LogP contribution in [-0.2, 0) is 0 Å². The van der Waals surface area contributed by atoms with Crippen molar-refractivity contribution in [3.05, 3.63) is 46.6 Å². The highest BCUT2D eigenvalue weighted by Gasteiger charge is 1.97. The third kappa shape index (κ3) is 1.80. The molecule has 0 N–H and O–H groups in total. The van der Waals surface area contributed by atoms with Crippen LogP contribution >= 0.6 is 15.9 Å². The quantitative estimate of drug-likeness (QED) is 0.756. The number of hydrogen-bond acceptors (Lipinski definition) is 1. The van der Waals surface area contributed by atoms with E-state index in [0.29, 0.717) is 0 Å². The minimum absolute atomic E-state index is 0.00628. The van der Waals surface area contributed by atoms with Crippen molar-refractivity contribution >= 4 is 15.9 Å². The van der Waals surface area contributed by atoms with Gasteiger partial charge in [-0.3, -0.25) is 0 Å². The monoisotopic (exact) mass is 245 g/mol. The minimum atomic E-state index is -2.82. The van der Waals surface area contributed by atoms with Crippen molar-refractivity contribution in [2.45, 2.75) is 6.85 Å². The van der Waals surface area contributed by atoms with Crippen molar-refractivity contribution < 1.29 is 12.3 Å². The predicted octanol–water partition coefficient (Wildman–Crippen LogP) is 2.94. The van der Waals surface area contributed by atoms with Gasteiger partial charge in [0.25, 0.3) is 0 Å². The van der Waals surface area contributed by atoms with Gasteiger partial charge in [0.15, 0.2) is 0 Å². The van der Waals surface area contributed by atoms with Crippen LogP contribution in [0.4, 0.5) is 0 Å². The third-order valence-corrected chi connectivity index (χ3v) is 1.63. The predicted molar refractivity (Wildman–Crippen MR) is 56.0 cm³/mol. The van der Waals surface area contributed by atoms with Crippen molar-refractivity contribution in [1.82, 2.24) is 9.78 Å². The van der Waals surface area contributed by atoms with Crippen LogP contribution in [0, 0.1) is 6.85 Å². The normalized spacial score (nSPS) is 21.2. The average molecular weight is 246 g/mol. The van der Waals surface area contributed by atoms with Crippen LogP contribution in [0.3, 0.4) is 0 Å². The minimum Gasteiger partial charge on any atom is -0.240 e. The van der Waals surface area contributed by atoms with Gasteiger partial charge in [-0.1, -0.05) is 12.1 Å². The van der Waals surface area contributed by atoms with Gasteiger partial charge < -0.3 is 0 Å². The Kier molecular flexibility index (Phi) is 0.759. The summed E-state index contributed by atoms with van der Waals surface area (Å²) in [6, 6.07) is -2.95. The lowest BCUT2D eigenvalue weighted by Gasteiger charge is -2.01. The Balaban J connectivity index is 2.94. The van der Waals surface area contributed by atoms with E-state index in [-0.39, 0.29) is 10.6 Å². The standard InChI is InChI=1S/C10H9BrN2/c1-8-3-2-4-9(7-8)13-6-5-10(11)12-13/h2-7H,1H3/i1D3,2D,3D,4D,5D,6D,7D. The molecule has 2 nitrogen and oxygen atoms in total. The van der Waals surface area contributed by atoms with E-state index in [0.717, 1.165) is 4.68 Å². The lowest BCUT2D eigenvalue weighted by Crippen LogP contribution is -1.94. The molecule has 1 aromatic heterocycles. The maximum Gasteiger partial charge on any atom is 0.128 e. The molecular weight excluding hydrogens is 228 g/mol. The SMILES string of the molecule is [2H]c1c([2H])c(-n2nc(Br)c([2H])c2[2H])c([2H])c(C([2H])([2H])[2H])c1[2H]. The Morgan fingerprint density at radius 2 is 2.46 bits per heavy atom. The molecule has 0 amide bonds. The number of aromatic nitrogens is 2. The molecule has 0 spiro atoms. The van der Waals surface area contributed by atoms with Crippen LogP contribution in [0.25, 0.3) is 5.69 Å². The summed E-state index contributed by atoms with van der Waals surface area (Å²) >= 11 is 2.95. The summed E-state index contributed by atoms with van der Waals surface area (Å²) in [6.07, 6.45) is -0.456. The number of rotatable bonds is 1. The average Bonchev–Trinajstić information content (AvgIpc) is 2.63. The van der Waals surface area contributed by atoms with Crippen LogP contribution in [0.15, 0.2) is 41.0 Å². The molecule has 0 unspecified atom stereocenters. The van der Waals surface area contributed by atoms with Crippen LogP contribution < -0.4 is 0 Å². The summed E-state index contributed by atoms with van der Waals surface area (Å²) in [4.78, 5) is 0. The van der Waals surface area contributed by atoms with E-state index in [9.17, 15) is 0 Å². The Hall–Kier alpha value is -1.09. The molecule has 0 radical (unpaired) electrons. The van der Waals surface area contributed by atoms with Gasteiger partial charge in [-0.25, -0.2) is 4.68 Å². The van der Waals surface area contributed by atoms with E-state index >= 15 is 0 Å². The first-order chi connectivity index (χ1) is 9.98. The summed E-state index contributed by atoms with van der Waals surface area (Å²) in [5.41, 5.74) is -1.09. The largest absolute Gasteiger partial charge is 0.240 e. The first kappa shape index (κ1) is 2.95. The van der Waals surface area contributed by atoms with Crippen molar-refractivity contribution in [3.63, 3.8) is 0 Å². The lowest BCUT2D eigenvalue weighted by molar-refractivity contribution is 0.869. The fraction of sp³-hybridized carbons (Fsp3) is 0.100. The van der Waals surface area contributed by atoms with Crippen molar-refractivity contribution in [3.8, 4) is 5.69 Å². The number of benzene rings is 1. The molecule has 2 aromatic rings. The molecule has 0 saturated heterocycles. The van der Waals surface area contributed by atoms with Gasteiger partial charge >= 0.3 is 0 Å². The van der Waals surface area contributed by atoms with Crippen molar-refractivity contribution in [2.24, 2.45) is 0 Å².